The number of hydrogen-bond acceptors (Lipinski definition) is 3. The zero-order valence-electron chi connectivity index (χ0n) is 11.9. The summed E-state index contributed by atoms with van der Waals surface area (Å²) in [5, 5.41) is 10.5. The Bertz CT molecular complexity index is 491. The summed E-state index contributed by atoms with van der Waals surface area (Å²) in [4.78, 5) is 14.4. The molecular formula is C16H20ClNO3. The topological polar surface area (TPSA) is 49.8 Å². The molecule has 1 N–H and O–H groups in total. The van der Waals surface area contributed by atoms with Gasteiger partial charge in [0.25, 0.3) is 5.91 Å². The number of piperidine rings is 2. The maximum absolute atomic E-state index is 12.5. The Labute approximate surface area is 129 Å². The normalized spacial score (nSPS) is 28.3. The molecule has 1 aromatic rings. The van der Waals surface area contributed by atoms with E-state index in [0.29, 0.717) is 23.6 Å². The fraction of sp³-hybridized carbons (Fsp3) is 0.562. The number of carbonyl (C=O) groups is 1. The molecule has 0 spiro atoms. The van der Waals surface area contributed by atoms with Crippen LogP contribution in [0.4, 0.5) is 0 Å². The number of ether oxygens (including phenoxy) is 1. The molecule has 2 aliphatic heterocycles. The van der Waals surface area contributed by atoms with Crippen LogP contribution in [0.5, 0.6) is 5.75 Å². The lowest BCUT2D eigenvalue weighted by Gasteiger charge is -2.47. The lowest BCUT2D eigenvalue weighted by Crippen LogP contribution is -2.57. The smallest absolute Gasteiger partial charge is 0.261 e. The fourth-order valence-electron chi connectivity index (χ4n) is 3.51. The Hall–Kier alpha value is -1.26. The lowest BCUT2D eigenvalue weighted by molar-refractivity contribution is -0.146. The first-order chi connectivity index (χ1) is 10.1. The van der Waals surface area contributed by atoms with Gasteiger partial charge in [-0.3, -0.25) is 4.79 Å². The molecule has 114 valence electrons. The Morgan fingerprint density at radius 3 is 2.48 bits per heavy atom. The van der Waals surface area contributed by atoms with Crippen LogP contribution in [0.3, 0.4) is 0 Å². The van der Waals surface area contributed by atoms with Gasteiger partial charge in [-0.1, -0.05) is 11.6 Å². The third kappa shape index (κ3) is 3.33. The van der Waals surface area contributed by atoms with Gasteiger partial charge >= 0.3 is 0 Å². The Balaban J connectivity index is 1.61. The van der Waals surface area contributed by atoms with Crippen LogP contribution in [0, 0.1) is 0 Å². The van der Waals surface area contributed by atoms with Crippen LogP contribution < -0.4 is 4.74 Å². The molecule has 3 rings (SSSR count). The van der Waals surface area contributed by atoms with Crippen LogP contribution >= 0.6 is 11.6 Å². The van der Waals surface area contributed by atoms with E-state index in [-0.39, 0.29) is 30.7 Å². The second-order valence-electron chi connectivity index (χ2n) is 5.91. The molecule has 0 radical (unpaired) electrons. The highest BCUT2D eigenvalue weighted by atomic mass is 35.5. The quantitative estimate of drug-likeness (QED) is 0.934. The fourth-order valence-corrected chi connectivity index (χ4v) is 3.64. The van der Waals surface area contributed by atoms with Crippen LogP contribution in [0.1, 0.15) is 32.1 Å². The van der Waals surface area contributed by atoms with Crippen molar-refractivity contribution in [2.45, 2.75) is 50.3 Å². The molecule has 0 aliphatic carbocycles. The van der Waals surface area contributed by atoms with Crippen molar-refractivity contribution < 1.29 is 14.6 Å². The minimum absolute atomic E-state index is 0.0200. The number of hydrogen-bond donors (Lipinski definition) is 1. The van der Waals surface area contributed by atoms with E-state index in [4.69, 9.17) is 16.3 Å². The molecule has 5 heteroatoms. The minimum Gasteiger partial charge on any atom is -0.484 e. The van der Waals surface area contributed by atoms with Crippen molar-refractivity contribution in [3.8, 4) is 5.75 Å². The number of halogens is 1. The van der Waals surface area contributed by atoms with E-state index in [2.05, 4.69) is 0 Å². The van der Waals surface area contributed by atoms with Crippen LogP contribution in [-0.4, -0.2) is 40.7 Å². The number of fused-ring (bicyclic) bond motifs is 2. The summed E-state index contributed by atoms with van der Waals surface area (Å²) >= 11 is 5.82. The van der Waals surface area contributed by atoms with Gasteiger partial charge in [-0.25, -0.2) is 0 Å². The van der Waals surface area contributed by atoms with Gasteiger partial charge < -0.3 is 14.7 Å². The highest BCUT2D eigenvalue weighted by Crippen LogP contribution is 2.34. The molecule has 0 aromatic heterocycles. The molecule has 0 saturated carbocycles. The van der Waals surface area contributed by atoms with Crippen molar-refractivity contribution in [3.63, 3.8) is 0 Å². The van der Waals surface area contributed by atoms with Crippen molar-refractivity contribution in [2.24, 2.45) is 0 Å². The summed E-state index contributed by atoms with van der Waals surface area (Å²) in [6, 6.07) is 7.36. The highest BCUT2D eigenvalue weighted by Gasteiger charge is 2.40. The molecule has 2 fully saturated rings. The predicted octanol–water partition coefficient (Wildman–Crippen LogP) is 2.62. The van der Waals surface area contributed by atoms with Gasteiger partial charge in [0.05, 0.1) is 6.10 Å². The average Bonchev–Trinajstić information content (AvgIpc) is 2.45. The van der Waals surface area contributed by atoms with Crippen molar-refractivity contribution >= 4 is 17.5 Å². The standard InChI is InChI=1S/C16H20ClNO3/c17-11-4-6-15(7-5-11)21-10-16(20)18-12-2-1-3-13(18)9-14(19)8-12/h4-7,12-14,19H,1-3,8-10H2/t12-,13+,14?. The Kier molecular flexibility index (Phi) is 4.36. The van der Waals surface area contributed by atoms with E-state index < -0.39 is 0 Å². The number of nitrogens with zero attached hydrogens (tertiary/aromatic N) is 1. The second kappa shape index (κ2) is 6.24. The average molecular weight is 310 g/mol. The first kappa shape index (κ1) is 14.7. The molecule has 2 saturated heterocycles. The number of rotatable bonds is 3. The lowest BCUT2D eigenvalue weighted by atomic mass is 9.83. The molecule has 4 nitrogen and oxygen atoms in total. The van der Waals surface area contributed by atoms with Crippen LogP contribution in [0.2, 0.25) is 5.02 Å². The summed E-state index contributed by atoms with van der Waals surface area (Å²) in [6.07, 6.45) is 4.25. The van der Waals surface area contributed by atoms with Gasteiger partial charge in [-0.15, -0.1) is 0 Å². The molecule has 3 atom stereocenters. The number of carbonyl (C=O) groups excluding carboxylic acids is 1. The van der Waals surface area contributed by atoms with Gasteiger partial charge in [0.2, 0.25) is 0 Å². The summed E-state index contributed by atoms with van der Waals surface area (Å²) in [5.41, 5.74) is 0. The molecule has 2 aliphatic rings. The third-order valence-electron chi connectivity index (χ3n) is 4.41. The van der Waals surface area contributed by atoms with E-state index in [0.717, 1.165) is 19.3 Å². The Morgan fingerprint density at radius 1 is 1.24 bits per heavy atom. The second-order valence-corrected chi connectivity index (χ2v) is 6.34. The van der Waals surface area contributed by atoms with Gasteiger partial charge in [0.1, 0.15) is 5.75 Å². The Morgan fingerprint density at radius 2 is 1.86 bits per heavy atom. The van der Waals surface area contributed by atoms with E-state index in [9.17, 15) is 9.90 Å². The molecule has 2 heterocycles. The van der Waals surface area contributed by atoms with Crippen LogP contribution in [-0.2, 0) is 4.79 Å². The monoisotopic (exact) mass is 309 g/mol. The maximum atomic E-state index is 12.5. The van der Waals surface area contributed by atoms with Crippen LogP contribution in [0.25, 0.3) is 0 Å². The van der Waals surface area contributed by atoms with Gasteiger partial charge in [-0.2, -0.15) is 0 Å². The molecular weight excluding hydrogens is 290 g/mol. The largest absolute Gasteiger partial charge is 0.484 e. The highest BCUT2D eigenvalue weighted by molar-refractivity contribution is 6.30. The summed E-state index contributed by atoms with van der Waals surface area (Å²) in [6.45, 7) is 0.0464. The van der Waals surface area contributed by atoms with Crippen molar-refractivity contribution in [3.05, 3.63) is 29.3 Å². The molecule has 1 unspecified atom stereocenters. The molecule has 1 amide bonds. The summed E-state index contributed by atoms with van der Waals surface area (Å²) in [5.74, 6) is 0.668. The first-order valence-electron chi connectivity index (χ1n) is 7.51. The zero-order valence-corrected chi connectivity index (χ0v) is 12.6. The first-order valence-corrected chi connectivity index (χ1v) is 7.89. The number of amides is 1. The number of aliphatic hydroxyl groups is 1. The van der Waals surface area contributed by atoms with E-state index in [1.807, 2.05) is 4.90 Å². The van der Waals surface area contributed by atoms with Crippen molar-refractivity contribution in [2.75, 3.05) is 6.61 Å². The van der Waals surface area contributed by atoms with E-state index in [1.54, 1.807) is 24.3 Å². The number of aliphatic hydroxyl groups excluding tert-OH is 1. The van der Waals surface area contributed by atoms with Gasteiger partial charge in [-0.05, 0) is 56.4 Å². The summed E-state index contributed by atoms with van der Waals surface area (Å²) < 4.78 is 5.56. The van der Waals surface area contributed by atoms with Crippen molar-refractivity contribution in [1.29, 1.82) is 0 Å². The maximum Gasteiger partial charge on any atom is 0.261 e. The van der Waals surface area contributed by atoms with E-state index in [1.165, 1.54) is 0 Å². The van der Waals surface area contributed by atoms with Crippen LogP contribution in [0.15, 0.2) is 24.3 Å². The zero-order chi connectivity index (χ0) is 14.8. The molecule has 1 aromatic carbocycles. The van der Waals surface area contributed by atoms with E-state index >= 15 is 0 Å². The van der Waals surface area contributed by atoms with Crippen molar-refractivity contribution in [1.82, 2.24) is 4.90 Å². The predicted molar refractivity (Wildman–Crippen MR) is 80.5 cm³/mol. The van der Waals surface area contributed by atoms with Gasteiger partial charge in [0, 0.05) is 17.1 Å². The third-order valence-corrected chi connectivity index (χ3v) is 4.67. The number of benzene rings is 1. The van der Waals surface area contributed by atoms with Gasteiger partial charge in [0.15, 0.2) is 6.61 Å². The summed E-state index contributed by atoms with van der Waals surface area (Å²) in [7, 11) is 0. The molecule has 21 heavy (non-hydrogen) atoms. The SMILES string of the molecule is O=C(COc1ccc(Cl)cc1)N1[C@@H]2CCC[C@H]1CC(O)C2. The molecule has 2 bridgehead atoms. The minimum atomic E-state index is -0.262.